The second kappa shape index (κ2) is 1.88. The summed E-state index contributed by atoms with van der Waals surface area (Å²) in [7, 11) is 0. The molecule has 0 spiro atoms. The van der Waals surface area contributed by atoms with Gasteiger partial charge in [0.25, 0.3) is 0 Å². The zero-order valence-electron chi connectivity index (χ0n) is 5.40. The number of nitrogens with two attached hydrogens (primary N) is 1. The Bertz CT molecular complexity index is 230. The molecule has 0 fully saturated rings. The second-order valence-corrected chi connectivity index (χ2v) is 2.23. The highest BCUT2D eigenvalue weighted by molar-refractivity contribution is 5.20. The van der Waals surface area contributed by atoms with E-state index in [4.69, 9.17) is 10.5 Å². The van der Waals surface area contributed by atoms with Gasteiger partial charge in [-0.05, 0) is 12.2 Å². The van der Waals surface area contributed by atoms with Gasteiger partial charge in [0, 0.05) is 18.4 Å². The average Bonchev–Trinajstić information content (AvgIpc) is 2.33. The van der Waals surface area contributed by atoms with Gasteiger partial charge in [-0.15, -0.1) is 0 Å². The fraction of sp³-hybridized carbons (Fsp3) is 0.143. The van der Waals surface area contributed by atoms with Crippen LogP contribution in [0.2, 0.25) is 0 Å². The van der Waals surface area contributed by atoms with E-state index in [0.717, 1.165) is 5.88 Å². The summed E-state index contributed by atoms with van der Waals surface area (Å²) >= 11 is 0. The Morgan fingerprint density at radius 1 is 1.50 bits per heavy atom. The van der Waals surface area contributed by atoms with Gasteiger partial charge in [0.1, 0.15) is 6.26 Å². The highest BCUT2D eigenvalue weighted by atomic mass is 16.5. The summed E-state index contributed by atoms with van der Waals surface area (Å²) in [5.74, 6) is 0.801. The van der Waals surface area contributed by atoms with Crippen molar-refractivity contribution in [3.05, 3.63) is 36.7 Å². The molecule has 0 aliphatic carbocycles. The molecule has 2 aliphatic heterocycles. The summed E-state index contributed by atoms with van der Waals surface area (Å²) in [4.78, 5) is 1.88. The zero-order valence-corrected chi connectivity index (χ0v) is 5.40. The highest BCUT2D eigenvalue weighted by Crippen LogP contribution is 2.19. The maximum atomic E-state index is 5.59. The van der Waals surface area contributed by atoms with E-state index in [9.17, 15) is 0 Å². The number of nitrogens with zero attached hydrogens (tertiary/aromatic N) is 1. The van der Waals surface area contributed by atoms with Crippen molar-refractivity contribution >= 4 is 0 Å². The van der Waals surface area contributed by atoms with Gasteiger partial charge in [-0.1, -0.05) is 0 Å². The van der Waals surface area contributed by atoms with Gasteiger partial charge >= 0.3 is 0 Å². The SMILES string of the molecule is NC1C=CN2C=COC2=C1. The van der Waals surface area contributed by atoms with E-state index >= 15 is 0 Å². The number of hydrogen-bond acceptors (Lipinski definition) is 3. The Hall–Kier alpha value is -1.22. The maximum Gasteiger partial charge on any atom is 0.201 e. The molecule has 0 radical (unpaired) electrons. The first-order valence-electron chi connectivity index (χ1n) is 3.14. The van der Waals surface area contributed by atoms with Crippen molar-refractivity contribution < 1.29 is 4.74 Å². The molecule has 3 heteroatoms. The maximum absolute atomic E-state index is 5.59. The lowest BCUT2D eigenvalue weighted by molar-refractivity contribution is 0.300. The van der Waals surface area contributed by atoms with Crippen LogP contribution in [0.5, 0.6) is 0 Å². The molecule has 0 saturated carbocycles. The van der Waals surface area contributed by atoms with Crippen molar-refractivity contribution in [1.29, 1.82) is 0 Å². The second-order valence-electron chi connectivity index (χ2n) is 2.23. The Balaban J connectivity index is 2.27. The van der Waals surface area contributed by atoms with E-state index in [-0.39, 0.29) is 6.04 Å². The third-order valence-corrected chi connectivity index (χ3v) is 1.47. The molecule has 0 bridgehead atoms. The smallest absolute Gasteiger partial charge is 0.201 e. The van der Waals surface area contributed by atoms with Crippen molar-refractivity contribution in [3.8, 4) is 0 Å². The minimum Gasteiger partial charge on any atom is -0.447 e. The molecule has 0 amide bonds. The minimum absolute atomic E-state index is 0.00819. The molecule has 2 aliphatic rings. The van der Waals surface area contributed by atoms with Crippen molar-refractivity contribution in [3.63, 3.8) is 0 Å². The fourth-order valence-electron chi connectivity index (χ4n) is 0.961. The van der Waals surface area contributed by atoms with E-state index in [1.165, 1.54) is 0 Å². The molecule has 0 aromatic heterocycles. The van der Waals surface area contributed by atoms with Crippen molar-refractivity contribution in [2.24, 2.45) is 5.73 Å². The molecule has 1 atom stereocenters. The Labute approximate surface area is 59.1 Å². The number of rotatable bonds is 0. The molecule has 2 heterocycles. The van der Waals surface area contributed by atoms with Crippen LogP contribution in [0, 0.1) is 0 Å². The summed E-state index contributed by atoms with van der Waals surface area (Å²) in [6.07, 6.45) is 9.13. The lowest BCUT2D eigenvalue weighted by Gasteiger charge is -2.16. The molecule has 0 aromatic carbocycles. The largest absolute Gasteiger partial charge is 0.447 e. The molecule has 2 N–H and O–H groups in total. The number of fused-ring (bicyclic) bond motifs is 1. The first-order chi connectivity index (χ1) is 4.86. The van der Waals surface area contributed by atoms with Crippen molar-refractivity contribution in [1.82, 2.24) is 4.90 Å². The van der Waals surface area contributed by atoms with E-state index in [1.54, 1.807) is 6.26 Å². The number of hydrogen-bond donors (Lipinski definition) is 1. The average molecular weight is 136 g/mol. The highest BCUT2D eigenvalue weighted by Gasteiger charge is 2.14. The van der Waals surface area contributed by atoms with Gasteiger partial charge in [-0.2, -0.15) is 0 Å². The lowest BCUT2D eigenvalue weighted by atomic mass is 10.2. The lowest BCUT2D eigenvalue weighted by Crippen LogP contribution is -2.21. The minimum atomic E-state index is -0.00819. The van der Waals surface area contributed by atoms with E-state index in [2.05, 4.69) is 0 Å². The first-order valence-corrected chi connectivity index (χ1v) is 3.14. The van der Waals surface area contributed by atoms with Crippen LogP contribution < -0.4 is 5.73 Å². The van der Waals surface area contributed by atoms with Crippen LogP contribution in [-0.4, -0.2) is 10.9 Å². The predicted molar refractivity (Wildman–Crippen MR) is 37.3 cm³/mol. The molecule has 0 saturated heterocycles. The third kappa shape index (κ3) is 0.717. The van der Waals surface area contributed by atoms with Gasteiger partial charge in [0.05, 0.1) is 0 Å². The zero-order chi connectivity index (χ0) is 6.97. The molecule has 10 heavy (non-hydrogen) atoms. The van der Waals surface area contributed by atoms with Crippen molar-refractivity contribution in [2.45, 2.75) is 6.04 Å². The van der Waals surface area contributed by atoms with Crippen molar-refractivity contribution in [2.75, 3.05) is 0 Å². The number of ether oxygens (including phenoxy) is 1. The van der Waals surface area contributed by atoms with Gasteiger partial charge in [0.15, 0.2) is 0 Å². The van der Waals surface area contributed by atoms with Crippen LogP contribution in [0.1, 0.15) is 0 Å². The topological polar surface area (TPSA) is 38.5 Å². The quantitative estimate of drug-likeness (QED) is 0.526. The normalized spacial score (nSPS) is 27.9. The molecular formula is C7H8N2O. The Morgan fingerprint density at radius 3 is 3.30 bits per heavy atom. The molecule has 3 nitrogen and oxygen atoms in total. The predicted octanol–water partition coefficient (Wildman–Crippen LogP) is 0.486. The van der Waals surface area contributed by atoms with Crippen LogP contribution >= 0.6 is 0 Å². The molecule has 2 rings (SSSR count). The summed E-state index contributed by atoms with van der Waals surface area (Å²) in [6, 6.07) is -0.00819. The van der Waals surface area contributed by atoms with Crippen LogP contribution in [0.15, 0.2) is 36.7 Å². The summed E-state index contributed by atoms with van der Waals surface area (Å²) in [6.45, 7) is 0. The molecule has 0 aromatic rings. The van der Waals surface area contributed by atoms with Gasteiger partial charge < -0.3 is 10.5 Å². The first kappa shape index (κ1) is 5.56. The van der Waals surface area contributed by atoms with Crippen LogP contribution in [0.3, 0.4) is 0 Å². The molecule has 52 valence electrons. The van der Waals surface area contributed by atoms with E-state index < -0.39 is 0 Å². The summed E-state index contributed by atoms with van der Waals surface area (Å²) in [5.41, 5.74) is 5.59. The van der Waals surface area contributed by atoms with Crippen LogP contribution in [0.25, 0.3) is 0 Å². The molecular weight excluding hydrogens is 128 g/mol. The third-order valence-electron chi connectivity index (χ3n) is 1.47. The standard InChI is InChI=1S/C7H8N2O/c8-6-1-2-9-3-4-10-7(9)5-6/h1-6H,8H2. The molecule has 1 unspecified atom stereocenters. The summed E-state index contributed by atoms with van der Waals surface area (Å²) < 4.78 is 5.10. The Morgan fingerprint density at radius 2 is 2.40 bits per heavy atom. The van der Waals surface area contributed by atoms with Crippen LogP contribution in [0.4, 0.5) is 0 Å². The van der Waals surface area contributed by atoms with E-state index in [1.807, 2.05) is 29.5 Å². The van der Waals surface area contributed by atoms with Gasteiger partial charge in [-0.3, -0.25) is 4.90 Å². The Kier molecular flexibility index (Phi) is 1.05. The summed E-state index contributed by atoms with van der Waals surface area (Å²) in [5, 5.41) is 0. The monoisotopic (exact) mass is 136 g/mol. The van der Waals surface area contributed by atoms with Crippen LogP contribution in [-0.2, 0) is 4.74 Å². The van der Waals surface area contributed by atoms with Gasteiger partial charge in [0.2, 0.25) is 5.88 Å². The fourth-order valence-corrected chi connectivity index (χ4v) is 0.961. The van der Waals surface area contributed by atoms with E-state index in [0.29, 0.717) is 0 Å². The van der Waals surface area contributed by atoms with Gasteiger partial charge in [-0.25, -0.2) is 0 Å².